The zero-order valence-corrected chi connectivity index (χ0v) is 9.76. The van der Waals surface area contributed by atoms with Crippen LogP contribution in [0.25, 0.3) is 0 Å². The second-order valence-electron chi connectivity index (χ2n) is 4.33. The number of hydrogen-bond acceptors (Lipinski definition) is 2. The number of nitrogens with two attached hydrogens (primary N) is 1. The van der Waals surface area contributed by atoms with E-state index in [1.165, 1.54) is 5.56 Å². The summed E-state index contributed by atoms with van der Waals surface area (Å²) < 4.78 is 0. The van der Waals surface area contributed by atoms with E-state index in [-0.39, 0.29) is 24.0 Å². The van der Waals surface area contributed by atoms with Crippen molar-refractivity contribution in [3.8, 4) is 0 Å². The van der Waals surface area contributed by atoms with Crippen LogP contribution in [0.15, 0.2) is 30.3 Å². The summed E-state index contributed by atoms with van der Waals surface area (Å²) in [5.41, 5.74) is 6.96. The smallest absolute Gasteiger partial charge is 0.242 e. The highest BCUT2D eigenvalue weighted by Crippen LogP contribution is 2.32. The first kappa shape index (κ1) is 11.1. The quantitative estimate of drug-likeness (QED) is 0.785. The number of carbonyl (C=O) groups is 1. The standard InChI is InChI=1S/C13H18N2O/c1-3-11-12(14)13(16)15(11)9(2)10-7-5-4-6-8-10/h4-9,11-12H,3,14H2,1-2H3/t9-,11?,12?/m0/s1. The number of likely N-dealkylation sites (tertiary alicyclic amines) is 1. The molecule has 1 heterocycles. The Morgan fingerprint density at radius 3 is 2.56 bits per heavy atom. The van der Waals surface area contributed by atoms with Gasteiger partial charge in [-0.1, -0.05) is 37.3 Å². The summed E-state index contributed by atoms with van der Waals surface area (Å²) in [4.78, 5) is 13.6. The first-order valence-corrected chi connectivity index (χ1v) is 5.79. The summed E-state index contributed by atoms with van der Waals surface area (Å²) in [6.07, 6.45) is 0.921. The van der Waals surface area contributed by atoms with Crippen molar-refractivity contribution < 1.29 is 4.79 Å². The van der Waals surface area contributed by atoms with Crippen LogP contribution < -0.4 is 5.73 Å². The lowest BCUT2D eigenvalue weighted by Gasteiger charge is -2.48. The lowest BCUT2D eigenvalue weighted by Crippen LogP contribution is -2.68. The molecule has 1 amide bonds. The van der Waals surface area contributed by atoms with Crippen molar-refractivity contribution >= 4 is 5.91 Å². The fourth-order valence-electron chi connectivity index (χ4n) is 2.41. The summed E-state index contributed by atoms with van der Waals surface area (Å²) >= 11 is 0. The van der Waals surface area contributed by atoms with Gasteiger partial charge in [-0.2, -0.15) is 0 Å². The average Bonchev–Trinajstić information content (AvgIpc) is 2.34. The highest BCUT2D eigenvalue weighted by molar-refractivity contribution is 5.89. The Kier molecular flexibility index (Phi) is 2.97. The van der Waals surface area contributed by atoms with Crippen molar-refractivity contribution in [2.24, 2.45) is 5.73 Å². The minimum atomic E-state index is -0.295. The molecule has 2 unspecified atom stereocenters. The van der Waals surface area contributed by atoms with E-state index in [4.69, 9.17) is 5.73 Å². The highest BCUT2D eigenvalue weighted by atomic mass is 16.2. The third-order valence-electron chi connectivity index (χ3n) is 3.43. The van der Waals surface area contributed by atoms with Crippen molar-refractivity contribution in [2.45, 2.75) is 38.4 Å². The Morgan fingerprint density at radius 2 is 2.00 bits per heavy atom. The number of benzene rings is 1. The van der Waals surface area contributed by atoms with Crippen molar-refractivity contribution in [2.75, 3.05) is 0 Å². The lowest BCUT2D eigenvalue weighted by molar-refractivity contribution is -0.153. The maximum absolute atomic E-state index is 11.7. The number of β-lactam (4-membered cyclic amide) rings is 1. The number of nitrogens with zero attached hydrogens (tertiary/aromatic N) is 1. The van der Waals surface area contributed by atoms with Gasteiger partial charge in [-0.25, -0.2) is 0 Å². The number of amides is 1. The van der Waals surface area contributed by atoms with Crippen molar-refractivity contribution in [3.63, 3.8) is 0 Å². The van der Waals surface area contributed by atoms with Crippen LogP contribution in [0.2, 0.25) is 0 Å². The normalized spacial score (nSPS) is 26.4. The van der Waals surface area contributed by atoms with Crippen LogP contribution in [0.1, 0.15) is 31.9 Å². The highest BCUT2D eigenvalue weighted by Gasteiger charge is 2.45. The summed E-state index contributed by atoms with van der Waals surface area (Å²) in [6.45, 7) is 4.13. The van der Waals surface area contributed by atoms with Gasteiger partial charge in [0.1, 0.15) is 6.04 Å². The molecule has 0 bridgehead atoms. The molecule has 1 fully saturated rings. The molecular formula is C13H18N2O. The molecule has 16 heavy (non-hydrogen) atoms. The molecule has 1 aliphatic rings. The van der Waals surface area contributed by atoms with E-state index in [1.54, 1.807) is 0 Å². The fourth-order valence-corrected chi connectivity index (χ4v) is 2.41. The molecule has 1 saturated heterocycles. The zero-order chi connectivity index (χ0) is 11.7. The van der Waals surface area contributed by atoms with Crippen LogP contribution >= 0.6 is 0 Å². The van der Waals surface area contributed by atoms with E-state index >= 15 is 0 Å². The second kappa shape index (κ2) is 4.26. The van der Waals surface area contributed by atoms with Gasteiger partial charge in [0.2, 0.25) is 5.91 Å². The van der Waals surface area contributed by atoms with E-state index in [9.17, 15) is 4.79 Å². The van der Waals surface area contributed by atoms with E-state index < -0.39 is 0 Å². The first-order chi connectivity index (χ1) is 7.66. The molecular weight excluding hydrogens is 200 g/mol. The maximum Gasteiger partial charge on any atom is 0.242 e. The summed E-state index contributed by atoms with van der Waals surface area (Å²) in [7, 11) is 0. The van der Waals surface area contributed by atoms with Crippen LogP contribution in [0.3, 0.4) is 0 Å². The van der Waals surface area contributed by atoms with Gasteiger partial charge in [0.25, 0.3) is 0 Å². The van der Waals surface area contributed by atoms with Crippen molar-refractivity contribution in [3.05, 3.63) is 35.9 Å². The fraction of sp³-hybridized carbons (Fsp3) is 0.462. The number of rotatable bonds is 3. The Bertz CT molecular complexity index is 377. The van der Waals surface area contributed by atoms with Crippen LogP contribution in [-0.2, 0) is 4.79 Å². The third kappa shape index (κ3) is 1.61. The molecule has 3 nitrogen and oxygen atoms in total. The maximum atomic E-state index is 11.7. The van der Waals surface area contributed by atoms with E-state index in [0.717, 1.165) is 6.42 Å². The van der Waals surface area contributed by atoms with E-state index in [1.807, 2.05) is 23.1 Å². The third-order valence-corrected chi connectivity index (χ3v) is 3.43. The van der Waals surface area contributed by atoms with Gasteiger partial charge in [-0.3, -0.25) is 4.79 Å². The molecule has 1 aromatic carbocycles. The van der Waals surface area contributed by atoms with Gasteiger partial charge < -0.3 is 10.6 Å². The van der Waals surface area contributed by atoms with Gasteiger partial charge in [0.15, 0.2) is 0 Å². The Hall–Kier alpha value is -1.35. The Balaban J connectivity index is 2.17. The molecule has 1 aliphatic heterocycles. The molecule has 0 aliphatic carbocycles. The number of hydrogen-bond donors (Lipinski definition) is 1. The summed E-state index contributed by atoms with van der Waals surface area (Å²) in [5, 5.41) is 0. The molecule has 3 atom stereocenters. The second-order valence-corrected chi connectivity index (χ2v) is 4.33. The molecule has 0 spiro atoms. The van der Waals surface area contributed by atoms with Gasteiger partial charge in [0.05, 0.1) is 12.1 Å². The molecule has 0 saturated carbocycles. The molecule has 3 heteroatoms. The SMILES string of the molecule is CCC1C(N)C(=O)N1[C@@H](C)c1ccccc1. The summed E-state index contributed by atoms with van der Waals surface area (Å²) in [6, 6.07) is 10.1. The predicted molar refractivity (Wildman–Crippen MR) is 63.8 cm³/mol. The molecule has 1 aromatic rings. The van der Waals surface area contributed by atoms with Crippen LogP contribution in [0, 0.1) is 0 Å². The molecule has 2 rings (SSSR count). The zero-order valence-electron chi connectivity index (χ0n) is 9.76. The van der Waals surface area contributed by atoms with Gasteiger partial charge in [-0.05, 0) is 18.9 Å². The topological polar surface area (TPSA) is 46.3 Å². The minimum absolute atomic E-state index is 0.0724. The lowest BCUT2D eigenvalue weighted by atomic mass is 9.89. The predicted octanol–water partition coefficient (Wildman–Crippen LogP) is 1.70. The Morgan fingerprint density at radius 1 is 1.38 bits per heavy atom. The Labute approximate surface area is 96.2 Å². The van der Waals surface area contributed by atoms with Gasteiger partial charge in [0, 0.05) is 0 Å². The van der Waals surface area contributed by atoms with Gasteiger partial charge >= 0.3 is 0 Å². The van der Waals surface area contributed by atoms with Crippen LogP contribution in [0.5, 0.6) is 0 Å². The average molecular weight is 218 g/mol. The van der Waals surface area contributed by atoms with Crippen molar-refractivity contribution in [1.29, 1.82) is 0 Å². The summed E-state index contributed by atoms with van der Waals surface area (Å²) in [5.74, 6) is 0.0724. The van der Waals surface area contributed by atoms with E-state index in [2.05, 4.69) is 26.0 Å². The van der Waals surface area contributed by atoms with Crippen LogP contribution in [0.4, 0.5) is 0 Å². The number of carbonyl (C=O) groups excluding carboxylic acids is 1. The van der Waals surface area contributed by atoms with Crippen molar-refractivity contribution in [1.82, 2.24) is 4.90 Å². The van der Waals surface area contributed by atoms with Gasteiger partial charge in [-0.15, -0.1) is 0 Å². The monoisotopic (exact) mass is 218 g/mol. The molecule has 0 aromatic heterocycles. The molecule has 2 N–H and O–H groups in total. The van der Waals surface area contributed by atoms with Crippen LogP contribution in [-0.4, -0.2) is 22.9 Å². The molecule has 0 radical (unpaired) electrons. The van der Waals surface area contributed by atoms with E-state index in [0.29, 0.717) is 0 Å². The molecule has 86 valence electrons. The first-order valence-electron chi connectivity index (χ1n) is 5.79. The minimum Gasteiger partial charge on any atom is -0.329 e. The largest absolute Gasteiger partial charge is 0.329 e.